The number of aryl methyl sites for hydroxylation is 1. The molecule has 0 saturated carbocycles. The number of carboxylic acid groups (broad SMARTS) is 1. The van der Waals surface area contributed by atoms with Gasteiger partial charge in [-0.15, -0.1) is 0 Å². The summed E-state index contributed by atoms with van der Waals surface area (Å²) in [7, 11) is 0. The Morgan fingerprint density at radius 3 is 2.35 bits per heavy atom. The molecular weight excluding hydrogens is 602 g/mol. The number of ether oxygens (including phenoxy) is 2. The van der Waals surface area contributed by atoms with E-state index in [-0.39, 0.29) is 29.6 Å². The number of nitrogens with one attached hydrogen (secondary N) is 3. The molecule has 1 aromatic carbocycles. The summed E-state index contributed by atoms with van der Waals surface area (Å²) >= 11 is 0. The quantitative estimate of drug-likeness (QED) is 0.226. The second-order valence-corrected chi connectivity index (χ2v) is 11.5. The Morgan fingerprint density at radius 1 is 1.13 bits per heavy atom. The average Bonchev–Trinajstić information content (AvgIpc) is 3.50. The molecule has 0 spiro atoms. The number of carbonyl (C=O) groups excluding carboxylic acids is 4. The van der Waals surface area contributed by atoms with Crippen LogP contribution in [0.4, 0.5) is 4.79 Å². The summed E-state index contributed by atoms with van der Waals surface area (Å²) in [5.41, 5.74) is -0.563. The van der Waals surface area contributed by atoms with Crippen molar-refractivity contribution < 1.29 is 48.1 Å². The van der Waals surface area contributed by atoms with Crippen molar-refractivity contribution in [2.45, 2.75) is 85.0 Å². The van der Waals surface area contributed by atoms with Crippen LogP contribution in [0, 0.1) is 12.8 Å². The van der Waals surface area contributed by atoms with E-state index in [0.717, 1.165) is 5.56 Å². The molecule has 15 nitrogen and oxygen atoms in total. The molecule has 0 radical (unpaired) electrons. The highest BCUT2D eigenvalue weighted by molar-refractivity contribution is 5.98. The number of aliphatic carboxylic acids is 1. The van der Waals surface area contributed by atoms with Crippen LogP contribution in [0.25, 0.3) is 5.70 Å². The topological polar surface area (TPSA) is 210 Å². The molecule has 1 aliphatic rings. The molecule has 15 heteroatoms. The number of benzene rings is 1. The van der Waals surface area contributed by atoms with Crippen LogP contribution >= 0.6 is 0 Å². The number of hydrogen-bond donors (Lipinski definition) is 5. The number of rotatable bonds is 12. The number of aliphatic hydroxyl groups is 1. The molecule has 46 heavy (non-hydrogen) atoms. The Kier molecular flexibility index (Phi) is 11.7. The summed E-state index contributed by atoms with van der Waals surface area (Å²) < 4.78 is 17.1. The number of nitrogens with zero attached hydrogens (tertiary/aromatic N) is 2. The Labute approximate surface area is 266 Å². The van der Waals surface area contributed by atoms with Crippen molar-refractivity contribution in [3.8, 4) is 0 Å². The number of carboxylic acids is 1. The SMILES string of the molecule is C/C=C(\NC(=O)[C@@H]1[C@@H](C)OC(C)(C)N1C(=O)OCc1ccccc1)c1nc(C(=O)N[C@@H](CO)C(=O)N[C@H](C(=O)O)C(C)C)c(C)o1. The molecule has 4 atom stereocenters. The van der Waals surface area contributed by atoms with Crippen LogP contribution in [-0.4, -0.2) is 86.4 Å². The molecule has 0 unspecified atom stereocenters. The van der Waals surface area contributed by atoms with E-state index < -0.39 is 72.3 Å². The predicted octanol–water partition coefficient (Wildman–Crippen LogP) is 1.94. The first kappa shape index (κ1) is 35.7. The Hall–Kier alpha value is -4.76. The lowest BCUT2D eigenvalue weighted by Crippen LogP contribution is -2.54. The van der Waals surface area contributed by atoms with E-state index in [9.17, 15) is 34.2 Å². The summed E-state index contributed by atoms with van der Waals surface area (Å²) in [5.74, 6) is -4.23. The summed E-state index contributed by atoms with van der Waals surface area (Å²) in [4.78, 5) is 69.3. The fourth-order valence-electron chi connectivity index (χ4n) is 4.94. The van der Waals surface area contributed by atoms with E-state index in [0.29, 0.717) is 0 Å². The molecule has 250 valence electrons. The van der Waals surface area contributed by atoms with Crippen LogP contribution in [0.2, 0.25) is 0 Å². The second-order valence-electron chi connectivity index (χ2n) is 11.5. The number of aliphatic hydroxyl groups excluding tert-OH is 1. The third-order valence-corrected chi connectivity index (χ3v) is 7.27. The summed E-state index contributed by atoms with van der Waals surface area (Å²) in [6, 6.07) is 5.26. The zero-order chi connectivity index (χ0) is 34.3. The van der Waals surface area contributed by atoms with Crippen molar-refractivity contribution in [3.63, 3.8) is 0 Å². The van der Waals surface area contributed by atoms with Gasteiger partial charge in [-0.25, -0.2) is 14.6 Å². The molecule has 1 saturated heterocycles. The maximum absolute atomic E-state index is 13.6. The van der Waals surface area contributed by atoms with Crippen molar-refractivity contribution in [2.24, 2.45) is 5.92 Å². The van der Waals surface area contributed by atoms with Crippen LogP contribution in [0.1, 0.15) is 69.2 Å². The fourth-order valence-corrected chi connectivity index (χ4v) is 4.94. The van der Waals surface area contributed by atoms with Crippen LogP contribution in [0.3, 0.4) is 0 Å². The maximum atomic E-state index is 13.6. The van der Waals surface area contributed by atoms with Gasteiger partial charge in [-0.3, -0.25) is 19.3 Å². The van der Waals surface area contributed by atoms with E-state index in [1.54, 1.807) is 53.7 Å². The standard InChI is InChI=1S/C31H41N5O10/c1-8-20(28-35-23(17(4)45-28)26(39)33-21(14-37)25(38)34-22(16(2)3)29(41)42)32-27(40)24-18(5)46-31(6,7)36(24)30(43)44-15-19-12-10-9-11-13-19/h8-13,16,18,21-22,24,37H,14-15H2,1-7H3,(H,32,40)(H,33,39)(H,34,38)(H,41,42)/b20-8-/t18-,21+,22+,24+/m1/s1. The van der Waals surface area contributed by atoms with Gasteiger partial charge >= 0.3 is 12.1 Å². The van der Waals surface area contributed by atoms with Gasteiger partial charge in [-0.1, -0.05) is 50.3 Å². The van der Waals surface area contributed by atoms with E-state index in [1.807, 2.05) is 18.2 Å². The van der Waals surface area contributed by atoms with Crippen molar-refractivity contribution in [2.75, 3.05) is 6.61 Å². The van der Waals surface area contributed by atoms with E-state index >= 15 is 0 Å². The van der Waals surface area contributed by atoms with Crippen LogP contribution in [-0.2, 0) is 30.5 Å². The minimum Gasteiger partial charge on any atom is -0.480 e. The monoisotopic (exact) mass is 643 g/mol. The molecule has 1 aliphatic heterocycles. The molecule has 2 aromatic rings. The average molecular weight is 644 g/mol. The van der Waals surface area contributed by atoms with E-state index in [1.165, 1.54) is 17.9 Å². The van der Waals surface area contributed by atoms with Gasteiger partial charge in [-0.05, 0) is 46.1 Å². The minimum absolute atomic E-state index is 0.00775. The van der Waals surface area contributed by atoms with Gasteiger partial charge in [0.25, 0.3) is 5.91 Å². The molecule has 1 fully saturated rings. The highest BCUT2D eigenvalue weighted by atomic mass is 16.6. The molecule has 3 rings (SSSR count). The van der Waals surface area contributed by atoms with Gasteiger partial charge in [0.1, 0.15) is 36.2 Å². The highest BCUT2D eigenvalue weighted by Gasteiger charge is 2.52. The first-order valence-electron chi connectivity index (χ1n) is 14.7. The van der Waals surface area contributed by atoms with Gasteiger partial charge < -0.3 is 40.1 Å². The van der Waals surface area contributed by atoms with Gasteiger partial charge in [0.2, 0.25) is 17.7 Å². The van der Waals surface area contributed by atoms with Gasteiger partial charge in [0.05, 0.1) is 18.4 Å². The third kappa shape index (κ3) is 8.28. The minimum atomic E-state index is -1.48. The third-order valence-electron chi connectivity index (χ3n) is 7.27. The molecule has 4 amide bonds. The predicted molar refractivity (Wildman–Crippen MR) is 163 cm³/mol. The summed E-state index contributed by atoms with van der Waals surface area (Å²) in [6.45, 7) is 10.3. The number of oxazole rings is 1. The lowest BCUT2D eigenvalue weighted by molar-refractivity contribution is -0.143. The lowest BCUT2D eigenvalue weighted by atomic mass is 10.0. The first-order valence-corrected chi connectivity index (χ1v) is 14.7. The smallest absolute Gasteiger partial charge is 0.413 e. The van der Waals surface area contributed by atoms with Gasteiger partial charge in [0, 0.05) is 0 Å². The molecular formula is C31H41N5O10. The Bertz CT molecular complexity index is 1470. The lowest BCUT2D eigenvalue weighted by Gasteiger charge is -2.32. The Morgan fingerprint density at radius 2 is 1.78 bits per heavy atom. The van der Waals surface area contributed by atoms with Crippen molar-refractivity contribution in [3.05, 3.63) is 59.3 Å². The van der Waals surface area contributed by atoms with Crippen LogP contribution in [0.5, 0.6) is 0 Å². The second kappa shape index (κ2) is 15.0. The van der Waals surface area contributed by atoms with E-state index in [4.69, 9.17) is 13.9 Å². The zero-order valence-electron chi connectivity index (χ0n) is 26.8. The summed E-state index contributed by atoms with van der Waals surface area (Å²) in [5, 5.41) is 26.4. The van der Waals surface area contributed by atoms with Crippen molar-refractivity contribution in [1.82, 2.24) is 25.8 Å². The molecule has 0 bridgehead atoms. The number of carbonyl (C=O) groups is 5. The fraction of sp³-hybridized carbons (Fsp3) is 0.484. The van der Waals surface area contributed by atoms with Gasteiger partial charge in [0.15, 0.2) is 5.69 Å². The normalized spacial score (nSPS) is 18.9. The Balaban J connectivity index is 1.74. The number of allylic oxidation sites excluding steroid dienone is 1. The van der Waals surface area contributed by atoms with Gasteiger partial charge in [-0.2, -0.15) is 0 Å². The largest absolute Gasteiger partial charge is 0.480 e. The summed E-state index contributed by atoms with van der Waals surface area (Å²) in [6.07, 6.45) is 0.0102. The van der Waals surface area contributed by atoms with E-state index in [2.05, 4.69) is 20.9 Å². The van der Waals surface area contributed by atoms with Crippen molar-refractivity contribution in [1.29, 1.82) is 0 Å². The number of hydrogen-bond acceptors (Lipinski definition) is 10. The molecule has 5 N–H and O–H groups in total. The number of aromatic nitrogens is 1. The van der Waals surface area contributed by atoms with Crippen molar-refractivity contribution >= 4 is 35.5 Å². The zero-order valence-corrected chi connectivity index (χ0v) is 26.8. The maximum Gasteiger partial charge on any atom is 0.413 e. The number of amides is 4. The van der Waals surface area contributed by atoms with Crippen LogP contribution < -0.4 is 16.0 Å². The van der Waals surface area contributed by atoms with Crippen LogP contribution in [0.15, 0.2) is 40.8 Å². The first-order chi connectivity index (χ1) is 21.6. The highest BCUT2D eigenvalue weighted by Crippen LogP contribution is 2.33. The molecule has 1 aromatic heterocycles. The molecule has 2 heterocycles. The molecule has 0 aliphatic carbocycles.